The van der Waals surface area contributed by atoms with Crippen LogP contribution >= 0.6 is 11.8 Å². The average molecular weight is 353 g/mol. The molecule has 1 aliphatic heterocycles. The Morgan fingerprint density at radius 2 is 2.29 bits per heavy atom. The number of hydrogen-bond acceptors (Lipinski definition) is 4. The highest BCUT2D eigenvalue weighted by atomic mass is 32.2. The van der Waals surface area contributed by atoms with Crippen LogP contribution in [0.15, 0.2) is 27.8 Å². The molecule has 0 spiro atoms. The standard InChI is InChI=1S/C17H28N4O2S/c1-17(2)13-21(9-11-24-17)16(19-12-15(22)20(3)4)18-8-7-14-6-5-10-23-14/h5-6,10H,7-9,11-13H2,1-4H3,(H,18,19). The minimum Gasteiger partial charge on any atom is -0.469 e. The number of hydrogen-bond donors (Lipinski definition) is 1. The summed E-state index contributed by atoms with van der Waals surface area (Å²) in [6.45, 7) is 7.24. The van der Waals surface area contributed by atoms with Crippen molar-refractivity contribution >= 4 is 23.6 Å². The molecule has 0 radical (unpaired) electrons. The van der Waals surface area contributed by atoms with Crippen molar-refractivity contribution in [3.05, 3.63) is 24.2 Å². The van der Waals surface area contributed by atoms with Crippen molar-refractivity contribution in [2.45, 2.75) is 25.0 Å². The molecule has 0 unspecified atom stereocenters. The molecule has 1 aromatic heterocycles. The second kappa shape index (κ2) is 8.46. The molecule has 24 heavy (non-hydrogen) atoms. The normalized spacial score (nSPS) is 17.7. The third kappa shape index (κ3) is 5.78. The first kappa shape index (κ1) is 18.7. The Morgan fingerprint density at radius 1 is 1.50 bits per heavy atom. The lowest BCUT2D eigenvalue weighted by Crippen LogP contribution is -2.51. The van der Waals surface area contributed by atoms with E-state index in [-0.39, 0.29) is 17.2 Å². The fourth-order valence-electron chi connectivity index (χ4n) is 2.50. The monoisotopic (exact) mass is 352 g/mol. The van der Waals surface area contributed by atoms with Gasteiger partial charge >= 0.3 is 0 Å². The van der Waals surface area contributed by atoms with Crippen LogP contribution in [0.4, 0.5) is 0 Å². The van der Waals surface area contributed by atoms with E-state index in [9.17, 15) is 4.79 Å². The van der Waals surface area contributed by atoms with Gasteiger partial charge in [0.1, 0.15) is 12.3 Å². The quantitative estimate of drug-likeness (QED) is 0.645. The maximum atomic E-state index is 11.9. The van der Waals surface area contributed by atoms with Crippen molar-refractivity contribution in [3.63, 3.8) is 0 Å². The largest absolute Gasteiger partial charge is 0.469 e. The van der Waals surface area contributed by atoms with Gasteiger partial charge in [-0.25, -0.2) is 4.99 Å². The topological polar surface area (TPSA) is 61.1 Å². The summed E-state index contributed by atoms with van der Waals surface area (Å²) in [6, 6.07) is 3.86. The van der Waals surface area contributed by atoms with Crippen LogP contribution in [0.1, 0.15) is 19.6 Å². The number of carbonyl (C=O) groups is 1. The Hall–Kier alpha value is -1.63. The maximum Gasteiger partial charge on any atom is 0.243 e. The van der Waals surface area contributed by atoms with Crippen LogP contribution in [0.25, 0.3) is 0 Å². The van der Waals surface area contributed by atoms with E-state index in [1.54, 1.807) is 25.3 Å². The summed E-state index contributed by atoms with van der Waals surface area (Å²) in [5.41, 5.74) is 0. The molecule has 0 atom stereocenters. The van der Waals surface area contributed by atoms with Gasteiger partial charge in [0.25, 0.3) is 0 Å². The fourth-order valence-corrected chi connectivity index (χ4v) is 3.61. The molecule has 1 amide bonds. The SMILES string of the molecule is CN(C)C(=O)CN=C(NCCc1ccco1)N1CCSC(C)(C)C1. The van der Waals surface area contributed by atoms with Gasteiger partial charge in [0.15, 0.2) is 5.96 Å². The number of nitrogens with zero attached hydrogens (tertiary/aromatic N) is 3. The number of rotatable bonds is 5. The van der Waals surface area contributed by atoms with Gasteiger partial charge in [-0.3, -0.25) is 4.79 Å². The Kier molecular flexibility index (Phi) is 6.60. The first-order valence-corrected chi connectivity index (χ1v) is 9.26. The van der Waals surface area contributed by atoms with Crippen molar-refractivity contribution in [1.82, 2.24) is 15.1 Å². The highest BCUT2D eigenvalue weighted by Crippen LogP contribution is 2.29. The smallest absolute Gasteiger partial charge is 0.243 e. The number of amides is 1. The van der Waals surface area contributed by atoms with Gasteiger partial charge in [-0.15, -0.1) is 0 Å². The summed E-state index contributed by atoms with van der Waals surface area (Å²) < 4.78 is 5.55. The molecular weight excluding hydrogens is 324 g/mol. The minimum atomic E-state index is 0.00554. The maximum absolute atomic E-state index is 11.9. The lowest BCUT2D eigenvalue weighted by Gasteiger charge is -2.39. The predicted molar refractivity (Wildman–Crippen MR) is 99.5 cm³/mol. The molecule has 2 rings (SSSR count). The van der Waals surface area contributed by atoms with Gasteiger partial charge in [0.05, 0.1) is 6.26 Å². The number of nitrogens with one attached hydrogen (secondary N) is 1. The van der Waals surface area contributed by atoms with Crippen LogP contribution in [0.3, 0.4) is 0 Å². The molecular formula is C17H28N4O2S. The highest BCUT2D eigenvalue weighted by Gasteiger charge is 2.28. The Balaban J connectivity index is 1.99. The van der Waals surface area contributed by atoms with E-state index in [4.69, 9.17) is 4.42 Å². The van der Waals surface area contributed by atoms with Crippen molar-refractivity contribution in [3.8, 4) is 0 Å². The van der Waals surface area contributed by atoms with Gasteiger partial charge in [-0.05, 0) is 26.0 Å². The molecule has 1 fully saturated rings. The first-order valence-electron chi connectivity index (χ1n) is 8.27. The van der Waals surface area contributed by atoms with E-state index in [0.717, 1.165) is 43.5 Å². The molecule has 0 bridgehead atoms. The lowest BCUT2D eigenvalue weighted by molar-refractivity contribution is -0.127. The van der Waals surface area contributed by atoms with E-state index in [0.29, 0.717) is 0 Å². The minimum absolute atomic E-state index is 0.00554. The molecule has 0 saturated carbocycles. The number of likely N-dealkylation sites (N-methyl/N-ethyl adjacent to an activating group) is 1. The molecule has 2 heterocycles. The average Bonchev–Trinajstić information content (AvgIpc) is 3.02. The molecule has 0 aliphatic carbocycles. The summed E-state index contributed by atoms with van der Waals surface area (Å²) >= 11 is 1.98. The third-order valence-electron chi connectivity index (χ3n) is 3.82. The van der Waals surface area contributed by atoms with Gasteiger partial charge in [0.2, 0.25) is 5.91 Å². The van der Waals surface area contributed by atoms with Gasteiger partial charge in [-0.2, -0.15) is 11.8 Å². The number of furan rings is 1. The van der Waals surface area contributed by atoms with E-state index in [2.05, 4.69) is 29.1 Å². The second-order valence-corrected chi connectivity index (χ2v) is 8.52. The van der Waals surface area contributed by atoms with Crippen LogP contribution in [0, 0.1) is 0 Å². The van der Waals surface area contributed by atoms with Crippen molar-refractivity contribution in [2.75, 3.05) is 46.0 Å². The molecule has 134 valence electrons. The summed E-state index contributed by atoms with van der Waals surface area (Å²) in [6.07, 6.45) is 2.48. The molecule has 0 aromatic carbocycles. The van der Waals surface area contributed by atoms with Crippen LogP contribution < -0.4 is 5.32 Å². The Morgan fingerprint density at radius 3 is 2.92 bits per heavy atom. The van der Waals surface area contributed by atoms with Gasteiger partial charge in [-0.1, -0.05) is 0 Å². The Labute approximate surface area is 148 Å². The van der Waals surface area contributed by atoms with Gasteiger partial charge in [0, 0.05) is 50.7 Å². The number of thioether (sulfide) groups is 1. The summed E-state index contributed by atoms with van der Waals surface area (Å²) in [7, 11) is 3.50. The highest BCUT2D eigenvalue weighted by molar-refractivity contribution is 8.00. The lowest BCUT2D eigenvalue weighted by atomic mass is 10.2. The van der Waals surface area contributed by atoms with E-state index in [1.807, 2.05) is 23.9 Å². The van der Waals surface area contributed by atoms with Crippen molar-refractivity contribution in [1.29, 1.82) is 0 Å². The zero-order chi connectivity index (χ0) is 17.6. The zero-order valence-electron chi connectivity index (χ0n) is 15.0. The molecule has 6 nitrogen and oxygen atoms in total. The number of carbonyl (C=O) groups excluding carboxylic acids is 1. The summed E-state index contributed by atoms with van der Waals surface area (Å²) in [5.74, 6) is 2.82. The Bertz CT molecular complexity index is 555. The van der Waals surface area contributed by atoms with Crippen LogP contribution in [0.2, 0.25) is 0 Å². The molecule has 1 saturated heterocycles. The molecule has 1 aliphatic rings. The first-order chi connectivity index (χ1) is 11.4. The van der Waals surface area contributed by atoms with E-state index < -0.39 is 0 Å². The van der Waals surface area contributed by atoms with E-state index >= 15 is 0 Å². The fraction of sp³-hybridized carbons (Fsp3) is 0.647. The summed E-state index contributed by atoms with van der Waals surface area (Å²) in [5, 5.41) is 3.40. The van der Waals surface area contributed by atoms with E-state index in [1.165, 1.54) is 0 Å². The van der Waals surface area contributed by atoms with Gasteiger partial charge < -0.3 is 19.5 Å². The number of guanidine groups is 1. The predicted octanol–water partition coefficient (Wildman–Crippen LogP) is 1.68. The summed E-state index contributed by atoms with van der Waals surface area (Å²) in [4.78, 5) is 20.2. The number of aliphatic imine (C=N–C) groups is 1. The van der Waals surface area contributed by atoms with Crippen molar-refractivity contribution < 1.29 is 9.21 Å². The third-order valence-corrected chi connectivity index (χ3v) is 5.12. The molecule has 1 N–H and O–H groups in total. The molecule has 7 heteroatoms. The van der Waals surface area contributed by atoms with Crippen molar-refractivity contribution in [2.24, 2.45) is 4.99 Å². The van der Waals surface area contributed by atoms with Crippen LogP contribution in [-0.2, 0) is 11.2 Å². The second-order valence-electron chi connectivity index (χ2n) is 6.71. The molecule has 1 aromatic rings. The van der Waals surface area contributed by atoms with Crippen LogP contribution in [-0.4, -0.2) is 72.4 Å². The zero-order valence-corrected chi connectivity index (χ0v) is 15.9. The van der Waals surface area contributed by atoms with Crippen LogP contribution in [0.5, 0.6) is 0 Å².